The largest absolute Gasteiger partial charge is 0.504 e. The van der Waals surface area contributed by atoms with Gasteiger partial charge >= 0.3 is 11.9 Å². The van der Waals surface area contributed by atoms with Gasteiger partial charge in [-0.1, -0.05) is 6.92 Å². The zero-order valence-electron chi connectivity index (χ0n) is 13.7. The Morgan fingerprint density at radius 1 is 1.24 bits per heavy atom. The van der Waals surface area contributed by atoms with Crippen molar-refractivity contribution in [2.45, 2.75) is 25.1 Å². The second-order valence-corrected chi connectivity index (χ2v) is 5.82. The van der Waals surface area contributed by atoms with E-state index in [0.29, 0.717) is 0 Å². The lowest BCUT2D eigenvalue weighted by Gasteiger charge is -2.20. The minimum absolute atomic E-state index is 0.136. The summed E-state index contributed by atoms with van der Waals surface area (Å²) in [6.45, 7) is 0.807. The first-order valence-electron chi connectivity index (χ1n) is 7.62. The Balaban J connectivity index is 1.92. The van der Waals surface area contributed by atoms with Crippen LogP contribution in [0.25, 0.3) is 0 Å². The first-order chi connectivity index (χ1) is 11.7. The summed E-state index contributed by atoms with van der Waals surface area (Å²) in [7, 11) is 1.80. The monoisotopic (exact) mass is 354 g/mol. The third-order valence-corrected chi connectivity index (χ3v) is 4.09. The van der Waals surface area contributed by atoms with Crippen molar-refractivity contribution >= 4 is 19.8 Å². The van der Waals surface area contributed by atoms with Gasteiger partial charge in [-0.15, -0.1) is 0 Å². The molecule has 4 unspecified atom stereocenters. The third kappa shape index (κ3) is 4.15. The summed E-state index contributed by atoms with van der Waals surface area (Å²) < 4.78 is 15.4. The fraction of sp³-hybridized carbons (Fsp3) is 0.467. The molecule has 1 aliphatic heterocycles. The average molecular weight is 354 g/mol. The molecule has 2 rings (SSSR count). The number of hydrogen-bond donors (Lipinski definition) is 4. The number of carbonyl (C=O) groups excluding carboxylic acids is 2. The summed E-state index contributed by atoms with van der Waals surface area (Å²) in [6.07, 6.45) is -1.30. The quantitative estimate of drug-likeness (QED) is 0.293. The number of esters is 2. The minimum Gasteiger partial charge on any atom is -0.504 e. The van der Waals surface area contributed by atoms with Crippen molar-refractivity contribution in [3.05, 3.63) is 17.7 Å². The molecular weight excluding hydrogens is 335 g/mol. The molecule has 0 saturated carbocycles. The number of phenolic OH excluding ortho intramolecular Hbond substituents is 3. The van der Waals surface area contributed by atoms with Gasteiger partial charge in [-0.25, -0.2) is 9.59 Å². The predicted molar refractivity (Wildman–Crippen MR) is 85.1 cm³/mol. The SMILES string of the molecule is BC1OC(CO)C(OC(=O)COC(=O)c2cc(O)c(O)c(O)c2)C1C. The second-order valence-electron chi connectivity index (χ2n) is 5.82. The molecule has 4 atom stereocenters. The molecule has 1 aromatic carbocycles. The highest BCUT2D eigenvalue weighted by Gasteiger charge is 2.41. The molecule has 4 N–H and O–H groups in total. The highest BCUT2D eigenvalue weighted by Crippen LogP contribution is 2.35. The number of rotatable bonds is 5. The topological polar surface area (TPSA) is 143 Å². The molecule has 0 aromatic heterocycles. The van der Waals surface area contributed by atoms with Crippen molar-refractivity contribution in [1.82, 2.24) is 0 Å². The van der Waals surface area contributed by atoms with E-state index in [2.05, 4.69) is 0 Å². The zero-order chi connectivity index (χ0) is 18.7. The molecule has 0 aliphatic carbocycles. The van der Waals surface area contributed by atoms with Gasteiger partial charge in [0.05, 0.1) is 12.2 Å². The number of ether oxygens (including phenoxy) is 3. The number of hydrogen-bond acceptors (Lipinski definition) is 9. The van der Waals surface area contributed by atoms with Crippen LogP contribution in [-0.2, 0) is 19.0 Å². The molecule has 1 aliphatic rings. The van der Waals surface area contributed by atoms with E-state index in [0.717, 1.165) is 12.1 Å². The number of aromatic hydroxyl groups is 3. The van der Waals surface area contributed by atoms with Crippen molar-refractivity contribution in [2.24, 2.45) is 5.92 Å². The summed E-state index contributed by atoms with van der Waals surface area (Å²) >= 11 is 0. The Hall–Kier alpha value is -2.46. The van der Waals surface area contributed by atoms with Gasteiger partial charge in [0.2, 0.25) is 0 Å². The Morgan fingerprint density at radius 3 is 2.40 bits per heavy atom. The van der Waals surface area contributed by atoms with Crippen LogP contribution in [0.3, 0.4) is 0 Å². The van der Waals surface area contributed by atoms with Crippen LogP contribution in [0, 0.1) is 5.92 Å². The van der Waals surface area contributed by atoms with Crippen LogP contribution in [0.2, 0.25) is 0 Å². The van der Waals surface area contributed by atoms with Crippen LogP contribution in [0.5, 0.6) is 17.2 Å². The van der Waals surface area contributed by atoms with Gasteiger partial charge in [-0.05, 0) is 12.1 Å². The lowest BCUT2D eigenvalue weighted by Crippen LogP contribution is -2.35. The number of aliphatic hydroxyl groups excluding tert-OH is 1. The second kappa shape index (κ2) is 7.62. The van der Waals surface area contributed by atoms with Gasteiger partial charge in [-0.3, -0.25) is 0 Å². The molecule has 10 heteroatoms. The fourth-order valence-corrected chi connectivity index (χ4v) is 2.53. The van der Waals surface area contributed by atoms with Crippen LogP contribution < -0.4 is 0 Å². The highest BCUT2D eigenvalue weighted by atomic mass is 16.6. The molecule has 9 nitrogen and oxygen atoms in total. The van der Waals surface area contributed by atoms with Crippen LogP contribution in [-0.4, -0.2) is 71.6 Å². The van der Waals surface area contributed by atoms with Crippen LogP contribution >= 0.6 is 0 Å². The lowest BCUT2D eigenvalue weighted by molar-refractivity contribution is -0.157. The summed E-state index contributed by atoms with van der Waals surface area (Å²) in [4.78, 5) is 23.7. The number of aliphatic hydroxyl groups is 1. The van der Waals surface area contributed by atoms with E-state index in [1.165, 1.54) is 0 Å². The van der Waals surface area contributed by atoms with Crippen LogP contribution in [0.15, 0.2) is 12.1 Å². The molecule has 0 spiro atoms. The predicted octanol–water partition coefficient (Wildman–Crippen LogP) is -1.14. The Bertz CT molecular complexity index is 639. The minimum atomic E-state index is -0.995. The van der Waals surface area contributed by atoms with E-state index in [1.54, 1.807) is 7.85 Å². The average Bonchev–Trinajstić information content (AvgIpc) is 2.84. The number of carbonyl (C=O) groups is 2. The van der Waals surface area contributed by atoms with E-state index < -0.39 is 48.0 Å². The molecule has 0 bridgehead atoms. The molecule has 25 heavy (non-hydrogen) atoms. The zero-order valence-corrected chi connectivity index (χ0v) is 13.7. The molecular formula is C15H19BO9. The molecule has 0 radical (unpaired) electrons. The maximum Gasteiger partial charge on any atom is 0.344 e. The van der Waals surface area contributed by atoms with Crippen molar-refractivity contribution in [2.75, 3.05) is 13.2 Å². The van der Waals surface area contributed by atoms with Crippen LogP contribution in [0.4, 0.5) is 0 Å². The van der Waals surface area contributed by atoms with Crippen molar-refractivity contribution < 1.29 is 44.2 Å². The van der Waals surface area contributed by atoms with E-state index in [4.69, 9.17) is 14.2 Å². The molecule has 1 fully saturated rings. The van der Waals surface area contributed by atoms with Gasteiger partial charge in [0.1, 0.15) is 20.1 Å². The van der Waals surface area contributed by atoms with Gasteiger partial charge < -0.3 is 34.6 Å². The van der Waals surface area contributed by atoms with Gasteiger partial charge in [-0.2, -0.15) is 0 Å². The Kier molecular flexibility index (Phi) is 5.75. The van der Waals surface area contributed by atoms with Gasteiger partial charge in [0.15, 0.2) is 23.9 Å². The molecule has 1 aromatic rings. The smallest absolute Gasteiger partial charge is 0.344 e. The Labute approximate surface area is 144 Å². The van der Waals surface area contributed by atoms with Gasteiger partial charge in [0.25, 0.3) is 0 Å². The van der Waals surface area contributed by atoms with Gasteiger partial charge in [0, 0.05) is 11.9 Å². The van der Waals surface area contributed by atoms with E-state index >= 15 is 0 Å². The first-order valence-corrected chi connectivity index (χ1v) is 7.62. The fourth-order valence-electron chi connectivity index (χ4n) is 2.53. The molecule has 136 valence electrons. The molecule has 1 saturated heterocycles. The third-order valence-electron chi connectivity index (χ3n) is 4.09. The molecule has 0 amide bonds. The molecule has 1 heterocycles. The van der Waals surface area contributed by atoms with Crippen molar-refractivity contribution in [1.29, 1.82) is 0 Å². The first kappa shape index (κ1) is 18.9. The maximum atomic E-state index is 11.9. The summed E-state index contributed by atoms with van der Waals surface area (Å²) in [5, 5.41) is 37.2. The number of phenols is 3. The standard InChI is InChI=1S/C15H19BO9/c1-6-13(10(4-17)24-14(6)16)25-11(20)5-23-15(22)7-2-8(18)12(21)9(19)3-7/h2-3,6,10,13-14,17-19,21H,4-5,16H2,1H3. The Morgan fingerprint density at radius 2 is 1.84 bits per heavy atom. The van der Waals surface area contributed by atoms with Crippen molar-refractivity contribution in [3.8, 4) is 17.2 Å². The summed E-state index contributed by atoms with van der Waals surface area (Å²) in [5.74, 6) is -4.13. The summed E-state index contributed by atoms with van der Waals surface area (Å²) in [6, 6.07) is 1.58. The highest BCUT2D eigenvalue weighted by molar-refractivity contribution is 6.11. The normalized spacial score (nSPS) is 25.5. The maximum absolute atomic E-state index is 11.9. The van der Waals surface area contributed by atoms with E-state index in [-0.39, 0.29) is 24.1 Å². The van der Waals surface area contributed by atoms with Crippen molar-refractivity contribution in [3.63, 3.8) is 0 Å². The van der Waals surface area contributed by atoms with Crippen LogP contribution in [0.1, 0.15) is 17.3 Å². The lowest BCUT2D eigenvalue weighted by atomic mass is 9.86. The van der Waals surface area contributed by atoms with E-state index in [1.807, 2.05) is 6.92 Å². The van der Waals surface area contributed by atoms with E-state index in [9.17, 15) is 30.0 Å². The summed E-state index contributed by atoms with van der Waals surface area (Å²) in [5.41, 5.74) is -0.250. The number of benzene rings is 1.